The van der Waals surface area contributed by atoms with Gasteiger partial charge in [-0.1, -0.05) is 55.8 Å². The Morgan fingerprint density at radius 3 is 2.76 bits per heavy atom. The van der Waals surface area contributed by atoms with Crippen molar-refractivity contribution in [3.05, 3.63) is 81.3 Å². The van der Waals surface area contributed by atoms with Crippen LogP contribution in [0.25, 0.3) is 10.8 Å². The van der Waals surface area contributed by atoms with Crippen molar-refractivity contribution in [2.75, 3.05) is 5.32 Å². The average molecular weight is 334 g/mol. The van der Waals surface area contributed by atoms with Crippen LogP contribution in [0.3, 0.4) is 0 Å². The standard InChI is InChI=1S/C19H18N4O2/c1-2-6-16-18(23(24)25)17(15-11-20-22-19(15)21-16)14-10-5-8-12-7-3-4-9-13(12)14/h3-5,7-11,17H,2,6H2,1H3,(H2,20,21,22). The lowest BCUT2D eigenvalue weighted by atomic mass is 9.83. The van der Waals surface area contributed by atoms with Crippen molar-refractivity contribution >= 4 is 16.6 Å². The van der Waals surface area contributed by atoms with Crippen molar-refractivity contribution < 1.29 is 4.92 Å². The number of benzene rings is 2. The summed E-state index contributed by atoms with van der Waals surface area (Å²) in [5.41, 5.74) is 2.61. The monoisotopic (exact) mass is 334 g/mol. The van der Waals surface area contributed by atoms with Gasteiger partial charge < -0.3 is 5.32 Å². The van der Waals surface area contributed by atoms with Crippen LogP contribution in [-0.4, -0.2) is 15.1 Å². The molecule has 2 aromatic carbocycles. The number of H-pyrrole nitrogens is 1. The fourth-order valence-electron chi connectivity index (χ4n) is 3.62. The Bertz CT molecular complexity index is 985. The number of hydrogen-bond donors (Lipinski definition) is 2. The molecule has 0 saturated heterocycles. The Labute approximate surface area is 144 Å². The highest BCUT2D eigenvalue weighted by Gasteiger charge is 2.39. The van der Waals surface area contributed by atoms with Gasteiger partial charge in [-0.15, -0.1) is 0 Å². The topological polar surface area (TPSA) is 83.8 Å². The molecule has 0 spiro atoms. The molecule has 1 aliphatic rings. The van der Waals surface area contributed by atoms with Gasteiger partial charge in [0.2, 0.25) is 0 Å². The predicted molar refractivity (Wildman–Crippen MR) is 96.9 cm³/mol. The van der Waals surface area contributed by atoms with Crippen LogP contribution in [0.5, 0.6) is 0 Å². The Morgan fingerprint density at radius 1 is 1.16 bits per heavy atom. The van der Waals surface area contributed by atoms with Crippen LogP contribution < -0.4 is 5.32 Å². The van der Waals surface area contributed by atoms with Crippen molar-refractivity contribution in [2.45, 2.75) is 25.7 Å². The van der Waals surface area contributed by atoms with Crippen LogP contribution >= 0.6 is 0 Å². The molecule has 0 aliphatic carbocycles. The molecule has 0 radical (unpaired) electrons. The third kappa shape index (κ3) is 2.46. The minimum Gasteiger partial charge on any atom is -0.338 e. The number of nitrogens with zero attached hydrogens (tertiary/aromatic N) is 2. The molecule has 2 N–H and O–H groups in total. The van der Waals surface area contributed by atoms with E-state index in [4.69, 9.17) is 0 Å². The number of aromatic amines is 1. The largest absolute Gasteiger partial charge is 0.338 e. The number of nitro groups is 1. The fraction of sp³-hybridized carbons (Fsp3) is 0.211. The molecule has 3 aromatic rings. The number of rotatable bonds is 4. The SMILES string of the molecule is CCCC1=C([N+](=O)[O-])C(c2cccc3ccccc23)c2cn[nH]c2N1. The summed E-state index contributed by atoms with van der Waals surface area (Å²) in [6, 6.07) is 13.9. The first-order valence-corrected chi connectivity index (χ1v) is 8.36. The summed E-state index contributed by atoms with van der Waals surface area (Å²) < 4.78 is 0. The van der Waals surface area contributed by atoms with Gasteiger partial charge in [0.15, 0.2) is 0 Å². The van der Waals surface area contributed by atoms with E-state index in [0.29, 0.717) is 12.1 Å². The van der Waals surface area contributed by atoms with E-state index in [-0.39, 0.29) is 10.6 Å². The molecule has 6 heteroatoms. The molecular formula is C19H18N4O2. The quantitative estimate of drug-likeness (QED) is 0.547. The van der Waals surface area contributed by atoms with Gasteiger partial charge in [-0.2, -0.15) is 5.10 Å². The first kappa shape index (κ1) is 15.4. The Kier molecular flexibility index (Phi) is 3.72. The highest BCUT2D eigenvalue weighted by Crippen LogP contribution is 2.43. The number of aromatic nitrogens is 2. The zero-order valence-electron chi connectivity index (χ0n) is 13.8. The van der Waals surface area contributed by atoms with Gasteiger partial charge in [0.1, 0.15) is 11.7 Å². The summed E-state index contributed by atoms with van der Waals surface area (Å²) in [6.45, 7) is 2.02. The summed E-state index contributed by atoms with van der Waals surface area (Å²) in [7, 11) is 0. The van der Waals surface area contributed by atoms with Gasteiger partial charge in [-0.3, -0.25) is 15.2 Å². The van der Waals surface area contributed by atoms with Gasteiger partial charge in [0, 0.05) is 5.56 Å². The maximum absolute atomic E-state index is 12.0. The lowest BCUT2D eigenvalue weighted by Gasteiger charge is -2.25. The van der Waals surface area contributed by atoms with E-state index in [2.05, 4.69) is 15.5 Å². The third-order valence-electron chi connectivity index (χ3n) is 4.67. The van der Waals surface area contributed by atoms with E-state index in [0.717, 1.165) is 34.1 Å². The predicted octanol–water partition coefficient (Wildman–Crippen LogP) is 4.41. The van der Waals surface area contributed by atoms with E-state index in [1.807, 2.05) is 49.4 Å². The lowest BCUT2D eigenvalue weighted by molar-refractivity contribution is -0.430. The maximum Gasteiger partial charge on any atom is 0.277 e. The molecule has 2 heterocycles. The van der Waals surface area contributed by atoms with E-state index in [1.165, 1.54) is 0 Å². The second kappa shape index (κ2) is 6.05. The Morgan fingerprint density at radius 2 is 1.96 bits per heavy atom. The van der Waals surface area contributed by atoms with E-state index in [9.17, 15) is 10.1 Å². The van der Waals surface area contributed by atoms with Gasteiger partial charge >= 0.3 is 0 Å². The Balaban J connectivity index is 2.01. The number of fused-ring (bicyclic) bond motifs is 2. The summed E-state index contributed by atoms with van der Waals surface area (Å²) >= 11 is 0. The van der Waals surface area contributed by atoms with Crippen LogP contribution in [0, 0.1) is 10.1 Å². The molecule has 126 valence electrons. The summed E-state index contributed by atoms with van der Waals surface area (Å²) in [5, 5.41) is 24.3. The minimum absolute atomic E-state index is 0.215. The first-order chi connectivity index (χ1) is 12.2. The van der Waals surface area contributed by atoms with Gasteiger partial charge in [0.25, 0.3) is 5.70 Å². The van der Waals surface area contributed by atoms with E-state index in [1.54, 1.807) is 6.20 Å². The van der Waals surface area contributed by atoms with Crippen molar-refractivity contribution in [1.29, 1.82) is 0 Å². The zero-order chi connectivity index (χ0) is 17.4. The molecule has 1 atom stereocenters. The van der Waals surface area contributed by atoms with Crippen LogP contribution in [0.15, 0.2) is 60.1 Å². The van der Waals surface area contributed by atoms with Gasteiger partial charge in [-0.05, 0) is 22.8 Å². The van der Waals surface area contributed by atoms with Crippen molar-refractivity contribution in [3.63, 3.8) is 0 Å². The molecule has 0 fully saturated rings. The molecule has 0 bridgehead atoms. The molecule has 0 amide bonds. The molecule has 1 aliphatic heterocycles. The Hall–Kier alpha value is -3.15. The normalized spacial score (nSPS) is 16.6. The number of anilines is 1. The molecule has 0 saturated carbocycles. The van der Waals surface area contributed by atoms with Crippen molar-refractivity contribution in [2.24, 2.45) is 0 Å². The molecule has 6 nitrogen and oxygen atoms in total. The van der Waals surface area contributed by atoms with E-state index >= 15 is 0 Å². The van der Waals surface area contributed by atoms with Crippen LogP contribution in [0.1, 0.15) is 36.8 Å². The van der Waals surface area contributed by atoms with E-state index < -0.39 is 5.92 Å². The van der Waals surface area contributed by atoms with Crippen molar-refractivity contribution in [3.8, 4) is 0 Å². The van der Waals surface area contributed by atoms with Crippen molar-refractivity contribution in [1.82, 2.24) is 10.2 Å². The smallest absolute Gasteiger partial charge is 0.277 e. The molecule has 4 rings (SSSR count). The van der Waals surface area contributed by atoms with Gasteiger partial charge in [-0.25, -0.2) is 0 Å². The van der Waals surface area contributed by atoms with Crippen LogP contribution in [0.2, 0.25) is 0 Å². The molecular weight excluding hydrogens is 316 g/mol. The minimum atomic E-state index is -0.447. The highest BCUT2D eigenvalue weighted by molar-refractivity contribution is 5.87. The van der Waals surface area contributed by atoms with Gasteiger partial charge in [0.05, 0.1) is 16.8 Å². The maximum atomic E-state index is 12.0. The number of nitrogens with one attached hydrogen (secondary N) is 2. The third-order valence-corrected chi connectivity index (χ3v) is 4.67. The molecule has 1 aromatic heterocycles. The second-order valence-corrected chi connectivity index (χ2v) is 6.20. The lowest BCUT2D eigenvalue weighted by Crippen LogP contribution is -2.23. The molecule has 25 heavy (non-hydrogen) atoms. The molecule has 1 unspecified atom stereocenters. The fourth-order valence-corrected chi connectivity index (χ4v) is 3.62. The summed E-state index contributed by atoms with van der Waals surface area (Å²) in [4.78, 5) is 11.7. The van der Waals surface area contributed by atoms with Crippen LogP contribution in [0.4, 0.5) is 5.82 Å². The summed E-state index contributed by atoms with van der Waals surface area (Å²) in [5.74, 6) is 0.296. The second-order valence-electron chi connectivity index (χ2n) is 6.20. The number of hydrogen-bond acceptors (Lipinski definition) is 4. The number of allylic oxidation sites excluding steroid dienone is 2. The van der Waals surface area contributed by atoms with Crippen LogP contribution in [-0.2, 0) is 0 Å². The zero-order valence-corrected chi connectivity index (χ0v) is 13.8. The first-order valence-electron chi connectivity index (χ1n) is 8.36. The highest BCUT2D eigenvalue weighted by atomic mass is 16.6. The average Bonchev–Trinajstić information content (AvgIpc) is 3.08. The summed E-state index contributed by atoms with van der Waals surface area (Å²) in [6.07, 6.45) is 3.13.